The van der Waals surface area contributed by atoms with Crippen LogP contribution >= 0.6 is 0 Å². The van der Waals surface area contributed by atoms with E-state index in [1.807, 2.05) is 20.8 Å². The van der Waals surface area contributed by atoms with Gasteiger partial charge in [-0.25, -0.2) is 4.79 Å². The van der Waals surface area contributed by atoms with Crippen molar-refractivity contribution in [3.05, 3.63) is 0 Å². The molecule has 0 heterocycles. The van der Waals surface area contributed by atoms with Crippen molar-refractivity contribution in [2.45, 2.75) is 34.1 Å². The molecule has 0 bridgehead atoms. The molecule has 0 aliphatic rings. The molecule has 14 heavy (non-hydrogen) atoms. The smallest absolute Gasteiger partial charge is 0.407 e. The Hall–Kier alpha value is -0.770. The van der Waals surface area contributed by atoms with Gasteiger partial charge in [-0.15, -0.1) is 0 Å². The van der Waals surface area contributed by atoms with Crippen LogP contribution in [0.3, 0.4) is 0 Å². The molecule has 0 saturated heterocycles. The average Bonchev–Trinajstić information content (AvgIpc) is 2.21. The minimum atomic E-state index is -0.337. The number of hydrogen-bond donors (Lipinski definition) is 2. The van der Waals surface area contributed by atoms with Crippen LogP contribution < -0.4 is 10.6 Å². The van der Waals surface area contributed by atoms with Crippen LogP contribution in [0.5, 0.6) is 0 Å². The number of amides is 1. The van der Waals surface area contributed by atoms with E-state index in [0.717, 1.165) is 19.5 Å². The van der Waals surface area contributed by atoms with E-state index in [-0.39, 0.29) is 6.09 Å². The summed E-state index contributed by atoms with van der Waals surface area (Å²) in [6.45, 7) is 10.7. The van der Waals surface area contributed by atoms with Crippen LogP contribution in [0.1, 0.15) is 34.1 Å². The molecule has 0 atom stereocenters. The summed E-state index contributed by atoms with van der Waals surface area (Å²) in [5, 5.41) is 5.68. The molecule has 0 radical (unpaired) electrons. The zero-order chi connectivity index (χ0) is 11.2. The van der Waals surface area contributed by atoms with Crippen LogP contribution in [0.4, 0.5) is 4.79 Å². The predicted molar refractivity (Wildman–Crippen MR) is 59.5 cm³/mol. The number of hydrogen-bond acceptors (Lipinski definition) is 3. The van der Waals surface area contributed by atoms with Crippen molar-refractivity contribution in [3.8, 4) is 0 Å². The monoisotopic (exact) mass is 204 g/mol. The molecule has 0 rings (SSSR count). The van der Waals surface area contributed by atoms with E-state index in [2.05, 4.69) is 17.6 Å². The molecule has 86 valence electrons. The molecule has 0 aliphatic heterocycles. The molecule has 0 aromatic heterocycles. The zero-order valence-corrected chi connectivity index (χ0v) is 9.85. The second kappa shape index (κ2) is 14.7. The first-order valence-electron chi connectivity index (χ1n) is 5.42. The van der Waals surface area contributed by atoms with Gasteiger partial charge in [0.1, 0.15) is 6.61 Å². The molecule has 2 N–H and O–H groups in total. The Kier molecular flexibility index (Phi) is 16.5. The van der Waals surface area contributed by atoms with Crippen LogP contribution in [0.25, 0.3) is 0 Å². The van der Waals surface area contributed by atoms with E-state index >= 15 is 0 Å². The van der Waals surface area contributed by atoms with E-state index in [1.165, 1.54) is 0 Å². The molecular weight excluding hydrogens is 180 g/mol. The van der Waals surface area contributed by atoms with Crippen LogP contribution in [0.2, 0.25) is 0 Å². The van der Waals surface area contributed by atoms with Crippen molar-refractivity contribution in [1.29, 1.82) is 0 Å². The highest BCUT2D eigenvalue weighted by molar-refractivity contribution is 5.66. The van der Waals surface area contributed by atoms with Crippen molar-refractivity contribution >= 4 is 6.09 Å². The highest BCUT2D eigenvalue weighted by atomic mass is 16.5. The largest absolute Gasteiger partial charge is 0.448 e. The lowest BCUT2D eigenvalue weighted by atomic mass is 10.5. The molecule has 0 aromatic carbocycles. The number of ether oxygens (including phenoxy) is 1. The Bertz CT molecular complexity index is 119. The zero-order valence-electron chi connectivity index (χ0n) is 9.85. The summed E-state index contributed by atoms with van der Waals surface area (Å²) in [6, 6.07) is 0. The Labute approximate surface area is 87.4 Å². The summed E-state index contributed by atoms with van der Waals surface area (Å²) in [4.78, 5) is 10.7. The van der Waals surface area contributed by atoms with Gasteiger partial charge in [-0.1, -0.05) is 20.8 Å². The fourth-order valence-corrected chi connectivity index (χ4v) is 0.713. The molecule has 0 aromatic rings. The van der Waals surface area contributed by atoms with Crippen LogP contribution in [-0.2, 0) is 4.74 Å². The first-order chi connectivity index (χ1) is 6.81. The van der Waals surface area contributed by atoms with Crippen molar-refractivity contribution in [1.82, 2.24) is 10.6 Å². The van der Waals surface area contributed by atoms with E-state index in [0.29, 0.717) is 13.2 Å². The highest BCUT2D eigenvalue weighted by Gasteiger charge is 1.96. The van der Waals surface area contributed by atoms with Gasteiger partial charge in [0.15, 0.2) is 0 Å². The molecule has 4 heteroatoms. The Balaban J connectivity index is 0. The van der Waals surface area contributed by atoms with E-state index < -0.39 is 0 Å². The van der Waals surface area contributed by atoms with Gasteiger partial charge in [-0.2, -0.15) is 0 Å². The highest BCUT2D eigenvalue weighted by Crippen LogP contribution is 1.76. The third-order valence-corrected chi connectivity index (χ3v) is 1.26. The van der Waals surface area contributed by atoms with Gasteiger partial charge in [-0.05, 0) is 19.9 Å². The second-order valence-corrected chi connectivity index (χ2v) is 2.42. The SMILES string of the molecule is CC.CCCNCCOC(=O)NCC. The normalized spacial score (nSPS) is 8.57. The van der Waals surface area contributed by atoms with Gasteiger partial charge in [0, 0.05) is 13.1 Å². The van der Waals surface area contributed by atoms with Gasteiger partial charge in [0.2, 0.25) is 0 Å². The quantitative estimate of drug-likeness (QED) is 0.648. The Morgan fingerprint density at radius 2 is 1.86 bits per heavy atom. The van der Waals surface area contributed by atoms with Crippen LogP contribution in [0.15, 0.2) is 0 Å². The van der Waals surface area contributed by atoms with E-state index in [9.17, 15) is 4.79 Å². The van der Waals surface area contributed by atoms with Gasteiger partial charge in [-0.3, -0.25) is 0 Å². The van der Waals surface area contributed by atoms with Crippen molar-refractivity contribution in [2.75, 3.05) is 26.2 Å². The number of carbonyl (C=O) groups excluding carboxylic acids is 1. The van der Waals surface area contributed by atoms with E-state index in [4.69, 9.17) is 4.74 Å². The average molecular weight is 204 g/mol. The standard InChI is InChI=1S/C8H18N2O2.C2H6/c1-3-5-9-6-7-12-8(11)10-4-2;1-2/h9H,3-7H2,1-2H3,(H,10,11);1-2H3. The van der Waals surface area contributed by atoms with Gasteiger partial charge in [0.05, 0.1) is 0 Å². The third-order valence-electron chi connectivity index (χ3n) is 1.26. The molecule has 1 amide bonds. The molecule has 0 spiro atoms. The van der Waals surface area contributed by atoms with Crippen molar-refractivity contribution in [2.24, 2.45) is 0 Å². The lowest BCUT2D eigenvalue weighted by Gasteiger charge is -2.05. The summed E-state index contributed by atoms with van der Waals surface area (Å²) < 4.78 is 4.82. The topological polar surface area (TPSA) is 50.4 Å². The summed E-state index contributed by atoms with van der Waals surface area (Å²) in [5.74, 6) is 0. The first-order valence-corrected chi connectivity index (χ1v) is 5.42. The van der Waals surface area contributed by atoms with Gasteiger partial charge >= 0.3 is 6.09 Å². The maximum atomic E-state index is 10.7. The maximum absolute atomic E-state index is 10.7. The molecule has 0 fully saturated rings. The van der Waals surface area contributed by atoms with Crippen molar-refractivity contribution < 1.29 is 9.53 Å². The van der Waals surface area contributed by atoms with Crippen LogP contribution in [-0.4, -0.2) is 32.3 Å². The fraction of sp³-hybridized carbons (Fsp3) is 0.900. The predicted octanol–water partition coefficient (Wildman–Crippen LogP) is 1.76. The van der Waals surface area contributed by atoms with Gasteiger partial charge < -0.3 is 15.4 Å². The minimum Gasteiger partial charge on any atom is -0.448 e. The minimum absolute atomic E-state index is 0.337. The molecule has 0 saturated carbocycles. The second-order valence-electron chi connectivity index (χ2n) is 2.42. The third kappa shape index (κ3) is 13.8. The molecule has 0 unspecified atom stereocenters. The van der Waals surface area contributed by atoms with Gasteiger partial charge in [0.25, 0.3) is 0 Å². The fourth-order valence-electron chi connectivity index (χ4n) is 0.713. The van der Waals surface area contributed by atoms with E-state index in [1.54, 1.807) is 0 Å². The Morgan fingerprint density at radius 1 is 1.21 bits per heavy atom. The molecule has 0 aliphatic carbocycles. The number of alkyl carbamates (subject to hydrolysis) is 1. The number of rotatable bonds is 6. The summed E-state index contributed by atoms with van der Waals surface area (Å²) >= 11 is 0. The number of carbonyl (C=O) groups is 1. The first kappa shape index (κ1) is 15.7. The molecular formula is C10H24N2O2. The maximum Gasteiger partial charge on any atom is 0.407 e. The summed E-state index contributed by atoms with van der Waals surface area (Å²) in [5.41, 5.74) is 0. The lowest BCUT2D eigenvalue weighted by Crippen LogP contribution is -2.28. The van der Waals surface area contributed by atoms with Crippen molar-refractivity contribution in [3.63, 3.8) is 0 Å². The Morgan fingerprint density at radius 3 is 2.36 bits per heavy atom. The summed E-state index contributed by atoms with van der Waals surface area (Å²) in [7, 11) is 0. The summed E-state index contributed by atoms with van der Waals surface area (Å²) in [6.07, 6.45) is 0.761. The number of nitrogens with one attached hydrogen (secondary N) is 2. The van der Waals surface area contributed by atoms with Crippen LogP contribution in [0, 0.1) is 0 Å². The lowest BCUT2D eigenvalue weighted by molar-refractivity contribution is 0.147. The molecule has 4 nitrogen and oxygen atoms in total.